The lowest BCUT2D eigenvalue weighted by Crippen LogP contribution is -2.00. The molecule has 0 aromatic heterocycles. The molecule has 2 rings (SSSR count). The van der Waals surface area contributed by atoms with Crippen LogP contribution in [0.1, 0.15) is 36.5 Å². The van der Waals surface area contributed by atoms with Crippen molar-refractivity contribution in [2.75, 3.05) is 0 Å². The first-order valence-electron chi connectivity index (χ1n) is 5.11. The Balaban J connectivity index is 2.15. The fourth-order valence-electron chi connectivity index (χ4n) is 1.77. The summed E-state index contributed by atoms with van der Waals surface area (Å²) < 4.78 is 0. The van der Waals surface area contributed by atoms with Crippen LogP contribution in [0, 0.1) is 12.8 Å². The van der Waals surface area contributed by atoms with Crippen molar-refractivity contribution in [2.45, 2.75) is 32.3 Å². The summed E-state index contributed by atoms with van der Waals surface area (Å²) in [6.07, 6.45) is 3.11. The number of rotatable bonds is 3. The maximum atomic E-state index is 9.98. The first-order chi connectivity index (χ1) is 6.66. The van der Waals surface area contributed by atoms with Gasteiger partial charge in [0.25, 0.3) is 0 Å². The van der Waals surface area contributed by atoms with Gasteiger partial charge in [-0.2, -0.15) is 0 Å². The summed E-state index contributed by atoms with van der Waals surface area (Å²) in [7, 11) is 0. The van der Waals surface area contributed by atoms with Crippen molar-refractivity contribution < 1.29 is 5.11 Å². The maximum absolute atomic E-state index is 9.98. The van der Waals surface area contributed by atoms with Crippen LogP contribution >= 0.6 is 11.6 Å². The Morgan fingerprint density at radius 2 is 2.21 bits per heavy atom. The average Bonchev–Trinajstić information content (AvgIpc) is 2.93. The molecule has 0 radical (unpaired) electrons. The van der Waals surface area contributed by atoms with E-state index in [2.05, 4.69) is 0 Å². The van der Waals surface area contributed by atoms with Gasteiger partial charge in [0.15, 0.2) is 0 Å². The normalized spacial score (nSPS) is 18.2. The highest BCUT2D eigenvalue weighted by atomic mass is 35.5. The van der Waals surface area contributed by atoms with Crippen molar-refractivity contribution in [3.05, 3.63) is 34.3 Å². The van der Waals surface area contributed by atoms with Crippen LogP contribution < -0.4 is 0 Å². The van der Waals surface area contributed by atoms with Gasteiger partial charge in [-0.25, -0.2) is 0 Å². The lowest BCUT2D eigenvalue weighted by atomic mass is 9.99. The predicted molar refractivity (Wildman–Crippen MR) is 58.5 cm³/mol. The van der Waals surface area contributed by atoms with Crippen LogP contribution in [-0.2, 0) is 0 Å². The van der Waals surface area contributed by atoms with Crippen LogP contribution in [-0.4, -0.2) is 5.11 Å². The number of hydrogen-bond donors (Lipinski definition) is 1. The van der Waals surface area contributed by atoms with Gasteiger partial charge in [0, 0.05) is 5.02 Å². The largest absolute Gasteiger partial charge is 0.388 e. The van der Waals surface area contributed by atoms with E-state index in [1.54, 1.807) is 0 Å². The van der Waals surface area contributed by atoms with E-state index in [0.717, 1.165) is 23.5 Å². The molecule has 1 aliphatic rings. The molecule has 1 aromatic carbocycles. The number of hydrogen-bond acceptors (Lipinski definition) is 1. The summed E-state index contributed by atoms with van der Waals surface area (Å²) >= 11 is 5.90. The van der Waals surface area contributed by atoms with Gasteiger partial charge in [0.2, 0.25) is 0 Å². The molecule has 0 saturated heterocycles. The number of aliphatic hydroxyl groups is 1. The number of aliphatic hydroxyl groups excluding tert-OH is 1. The molecule has 1 aliphatic carbocycles. The fourth-order valence-corrected chi connectivity index (χ4v) is 1.95. The van der Waals surface area contributed by atoms with Crippen molar-refractivity contribution in [3.8, 4) is 0 Å². The van der Waals surface area contributed by atoms with E-state index in [0.29, 0.717) is 5.02 Å². The molecule has 0 bridgehead atoms. The lowest BCUT2D eigenvalue weighted by molar-refractivity contribution is 0.159. The zero-order valence-corrected chi connectivity index (χ0v) is 9.09. The maximum Gasteiger partial charge on any atom is 0.0795 e. The van der Waals surface area contributed by atoms with Crippen LogP contribution in [0.25, 0.3) is 0 Å². The van der Waals surface area contributed by atoms with Crippen molar-refractivity contribution in [1.82, 2.24) is 0 Å². The fraction of sp³-hybridized carbons (Fsp3) is 0.500. The van der Waals surface area contributed by atoms with E-state index in [1.807, 2.05) is 25.1 Å². The Labute approximate surface area is 89.7 Å². The Bertz CT molecular complexity index is 331. The highest BCUT2D eigenvalue weighted by molar-refractivity contribution is 6.30. The van der Waals surface area contributed by atoms with E-state index in [4.69, 9.17) is 11.6 Å². The SMILES string of the molecule is Cc1ccc(Cl)cc1C(O)CC1CC1. The van der Waals surface area contributed by atoms with Crippen LogP contribution in [0.5, 0.6) is 0 Å². The quantitative estimate of drug-likeness (QED) is 0.810. The third-order valence-corrected chi connectivity index (χ3v) is 3.09. The summed E-state index contributed by atoms with van der Waals surface area (Å²) in [6.45, 7) is 2.02. The summed E-state index contributed by atoms with van der Waals surface area (Å²) in [6, 6.07) is 5.71. The number of halogens is 1. The molecular weight excluding hydrogens is 196 g/mol. The molecule has 1 aromatic rings. The van der Waals surface area contributed by atoms with E-state index < -0.39 is 0 Å². The van der Waals surface area contributed by atoms with Gasteiger partial charge in [0.05, 0.1) is 6.10 Å². The second-order valence-corrected chi connectivity index (χ2v) is 4.63. The molecule has 1 N–H and O–H groups in total. The highest BCUT2D eigenvalue weighted by Crippen LogP contribution is 2.38. The predicted octanol–water partition coefficient (Wildman–Crippen LogP) is 3.48. The molecule has 0 spiro atoms. The van der Waals surface area contributed by atoms with Crippen LogP contribution in [0.15, 0.2) is 18.2 Å². The zero-order valence-electron chi connectivity index (χ0n) is 8.33. The van der Waals surface area contributed by atoms with E-state index in [9.17, 15) is 5.11 Å². The molecule has 1 fully saturated rings. The second kappa shape index (κ2) is 3.92. The van der Waals surface area contributed by atoms with Crippen molar-refractivity contribution in [1.29, 1.82) is 0 Å². The van der Waals surface area contributed by atoms with Crippen molar-refractivity contribution >= 4 is 11.6 Å². The first-order valence-corrected chi connectivity index (χ1v) is 5.48. The molecule has 1 atom stereocenters. The molecule has 1 unspecified atom stereocenters. The number of benzene rings is 1. The van der Waals surface area contributed by atoms with Crippen LogP contribution in [0.2, 0.25) is 5.02 Å². The Morgan fingerprint density at radius 1 is 1.50 bits per heavy atom. The minimum Gasteiger partial charge on any atom is -0.388 e. The third-order valence-electron chi connectivity index (χ3n) is 2.85. The van der Waals surface area contributed by atoms with Gasteiger partial charge in [-0.05, 0) is 42.5 Å². The minimum absolute atomic E-state index is 0.332. The van der Waals surface area contributed by atoms with Gasteiger partial charge in [-0.15, -0.1) is 0 Å². The van der Waals surface area contributed by atoms with Gasteiger partial charge >= 0.3 is 0 Å². The molecular formula is C12H15ClO. The Hall–Kier alpha value is -0.530. The lowest BCUT2D eigenvalue weighted by Gasteiger charge is -2.13. The summed E-state index contributed by atoms with van der Waals surface area (Å²) in [5.74, 6) is 0.739. The topological polar surface area (TPSA) is 20.2 Å². The first kappa shape index (κ1) is 10.0. The van der Waals surface area contributed by atoms with E-state index in [1.165, 1.54) is 12.8 Å². The van der Waals surface area contributed by atoms with Crippen LogP contribution in [0.4, 0.5) is 0 Å². The summed E-state index contributed by atoms with van der Waals surface area (Å²) in [5, 5.41) is 10.7. The standard InChI is InChI=1S/C12H15ClO/c1-8-2-5-10(13)7-11(8)12(14)6-9-3-4-9/h2,5,7,9,12,14H,3-4,6H2,1H3. The monoisotopic (exact) mass is 210 g/mol. The highest BCUT2D eigenvalue weighted by Gasteiger charge is 2.25. The number of aryl methyl sites for hydroxylation is 1. The van der Waals surface area contributed by atoms with Gasteiger partial charge in [-0.3, -0.25) is 0 Å². The second-order valence-electron chi connectivity index (χ2n) is 4.20. The van der Waals surface area contributed by atoms with Crippen molar-refractivity contribution in [2.24, 2.45) is 5.92 Å². The van der Waals surface area contributed by atoms with Gasteiger partial charge in [-0.1, -0.05) is 30.5 Å². The molecule has 1 nitrogen and oxygen atoms in total. The average molecular weight is 211 g/mol. The zero-order chi connectivity index (χ0) is 10.1. The molecule has 1 saturated carbocycles. The summed E-state index contributed by atoms with van der Waals surface area (Å²) in [5.41, 5.74) is 2.12. The van der Waals surface area contributed by atoms with Crippen LogP contribution in [0.3, 0.4) is 0 Å². The molecule has 14 heavy (non-hydrogen) atoms. The molecule has 0 heterocycles. The Kier molecular flexibility index (Phi) is 2.80. The minimum atomic E-state index is -0.332. The van der Waals surface area contributed by atoms with E-state index in [-0.39, 0.29) is 6.10 Å². The molecule has 0 amide bonds. The smallest absolute Gasteiger partial charge is 0.0795 e. The third kappa shape index (κ3) is 2.28. The molecule has 76 valence electrons. The van der Waals surface area contributed by atoms with E-state index >= 15 is 0 Å². The Morgan fingerprint density at radius 3 is 2.86 bits per heavy atom. The van der Waals surface area contributed by atoms with Gasteiger partial charge < -0.3 is 5.11 Å². The molecule has 0 aliphatic heterocycles. The van der Waals surface area contributed by atoms with Crippen molar-refractivity contribution in [3.63, 3.8) is 0 Å². The van der Waals surface area contributed by atoms with Gasteiger partial charge in [0.1, 0.15) is 0 Å². The summed E-state index contributed by atoms with van der Waals surface area (Å²) in [4.78, 5) is 0. The molecule has 2 heteroatoms.